The van der Waals surface area contributed by atoms with E-state index in [-0.39, 0.29) is 43.0 Å². The van der Waals surface area contributed by atoms with Crippen molar-refractivity contribution in [3.05, 3.63) is 83.9 Å². The van der Waals surface area contributed by atoms with E-state index in [0.717, 1.165) is 49.0 Å². The lowest BCUT2D eigenvalue weighted by atomic mass is 9.99. The maximum absolute atomic E-state index is 14.5. The lowest BCUT2D eigenvalue weighted by Gasteiger charge is -2.34. The van der Waals surface area contributed by atoms with E-state index in [0.29, 0.717) is 37.7 Å². The van der Waals surface area contributed by atoms with Gasteiger partial charge in [0.2, 0.25) is 16.8 Å². The molecule has 3 saturated heterocycles. The Kier molecular flexibility index (Phi) is 10.3. The smallest absolute Gasteiger partial charge is 0.412 e. The normalized spacial score (nSPS) is 26.3. The summed E-state index contributed by atoms with van der Waals surface area (Å²) in [4.78, 5) is 16.1. The topological polar surface area (TPSA) is 122 Å². The van der Waals surface area contributed by atoms with Gasteiger partial charge in [-0.1, -0.05) is 55.3 Å². The van der Waals surface area contributed by atoms with Gasteiger partial charge in [0.25, 0.3) is 0 Å². The predicted molar refractivity (Wildman–Crippen MR) is 193 cm³/mol. The molecule has 3 aromatic carbocycles. The predicted octanol–water partition coefficient (Wildman–Crippen LogP) is 6.12. The number of fused-ring (bicyclic) bond motifs is 2. The van der Waals surface area contributed by atoms with Crippen molar-refractivity contribution in [3.63, 3.8) is 0 Å². The van der Waals surface area contributed by atoms with Gasteiger partial charge in [0.1, 0.15) is 24.2 Å². The van der Waals surface area contributed by atoms with Gasteiger partial charge in [0, 0.05) is 19.2 Å². The van der Waals surface area contributed by atoms with Crippen LogP contribution in [0.5, 0.6) is 17.2 Å². The van der Waals surface area contributed by atoms with Gasteiger partial charge in [-0.2, -0.15) is 4.31 Å². The number of rotatable bonds is 12. The summed E-state index contributed by atoms with van der Waals surface area (Å²) in [5.41, 5.74) is 0.915. The molecule has 4 heterocycles. The maximum Gasteiger partial charge on any atom is 0.412 e. The van der Waals surface area contributed by atoms with Gasteiger partial charge >= 0.3 is 6.09 Å². The van der Waals surface area contributed by atoms with Crippen molar-refractivity contribution in [1.29, 1.82) is 0 Å². The van der Waals surface area contributed by atoms with Crippen molar-refractivity contribution in [2.45, 2.75) is 94.1 Å². The first-order valence-corrected chi connectivity index (χ1v) is 20.1. The molecule has 5 aliphatic rings. The van der Waals surface area contributed by atoms with Crippen molar-refractivity contribution in [2.75, 3.05) is 33.1 Å². The lowest BCUT2D eigenvalue weighted by molar-refractivity contribution is -0.0911. The summed E-state index contributed by atoms with van der Waals surface area (Å²) in [5, 5.41) is 0. The molecule has 4 aliphatic heterocycles. The molecule has 53 heavy (non-hydrogen) atoms. The van der Waals surface area contributed by atoms with Crippen LogP contribution < -0.4 is 14.2 Å². The van der Waals surface area contributed by atoms with E-state index in [4.69, 9.17) is 33.2 Å². The van der Waals surface area contributed by atoms with Crippen LogP contribution in [0.25, 0.3) is 0 Å². The van der Waals surface area contributed by atoms with E-state index in [9.17, 15) is 13.2 Å². The van der Waals surface area contributed by atoms with Crippen molar-refractivity contribution >= 4 is 16.1 Å². The lowest BCUT2D eigenvalue weighted by Crippen LogP contribution is -2.51. The highest BCUT2D eigenvalue weighted by molar-refractivity contribution is 7.89. The largest absolute Gasteiger partial charge is 0.489 e. The number of carbonyl (C=O) groups is 1. The molecular formula is C40H48N2O10S. The molecule has 0 aromatic heterocycles. The number of amides is 1. The molecule has 5 atom stereocenters. The quantitative estimate of drug-likeness (QED) is 0.214. The molecule has 0 N–H and O–H groups in total. The van der Waals surface area contributed by atoms with Gasteiger partial charge in [0.05, 0.1) is 36.2 Å². The van der Waals surface area contributed by atoms with Gasteiger partial charge in [-0.15, -0.1) is 0 Å². The Balaban J connectivity index is 1.07. The average Bonchev–Trinajstić information content (AvgIpc) is 3.99. The summed E-state index contributed by atoms with van der Waals surface area (Å²) in [6.07, 6.45) is 3.21. The second-order valence-corrected chi connectivity index (χ2v) is 17.0. The van der Waals surface area contributed by atoms with Crippen molar-refractivity contribution in [1.82, 2.24) is 9.21 Å². The van der Waals surface area contributed by atoms with E-state index in [1.54, 1.807) is 21.3 Å². The van der Waals surface area contributed by atoms with Crippen LogP contribution in [0.15, 0.2) is 77.7 Å². The van der Waals surface area contributed by atoms with Crippen LogP contribution in [-0.2, 0) is 42.0 Å². The van der Waals surface area contributed by atoms with Crippen LogP contribution in [0.4, 0.5) is 4.79 Å². The Morgan fingerprint density at radius 2 is 1.68 bits per heavy atom. The first kappa shape index (κ1) is 36.1. The summed E-state index contributed by atoms with van der Waals surface area (Å²) in [6, 6.07) is 22.0. The molecule has 0 spiro atoms. The Morgan fingerprint density at radius 1 is 0.906 bits per heavy atom. The molecule has 13 heteroatoms. The number of benzene rings is 3. The zero-order valence-electron chi connectivity index (χ0n) is 30.3. The molecule has 0 radical (unpaired) electrons. The Labute approximate surface area is 311 Å². The van der Waals surface area contributed by atoms with Crippen molar-refractivity contribution in [3.8, 4) is 17.2 Å². The highest BCUT2D eigenvalue weighted by atomic mass is 32.2. The third-order valence-electron chi connectivity index (χ3n) is 11.1. The van der Waals surface area contributed by atoms with Crippen LogP contribution >= 0.6 is 0 Å². The van der Waals surface area contributed by atoms with Gasteiger partial charge in [-0.05, 0) is 80.8 Å². The molecule has 4 fully saturated rings. The number of hydrogen-bond donors (Lipinski definition) is 0. The molecule has 1 amide bonds. The summed E-state index contributed by atoms with van der Waals surface area (Å²) in [5.74, 6) is 1.83. The highest BCUT2D eigenvalue weighted by Crippen LogP contribution is 2.40. The molecule has 3 aromatic rings. The summed E-state index contributed by atoms with van der Waals surface area (Å²) < 4.78 is 72.0. The first-order chi connectivity index (χ1) is 25.6. The fourth-order valence-corrected chi connectivity index (χ4v) is 9.93. The monoisotopic (exact) mass is 748 g/mol. The molecule has 2 unspecified atom stereocenters. The minimum absolute atomic E-state index is 0.0305. The summed E-state index contributed by atoms with van der Waals surface area (Å²) >= 11 is 0. The van der Waals surface area contributed by atoms with Gasteiger partial charge in [-0.25, -0.2) is 13.2 Å². The van der Waals surface area contributed by atoms with E-state index < -0.39 is 40.1 Å². The Morgan fingerprint density at radius 3 is 2.47 bits per heavy atom. The van der Waals surface area contributed by atoms with E-state index in [1.807, 2.05) is 68.4 Å². The van der Waals surface area contributed by atoms with Crippen LogP contribution in [-0.4, -0.2) is 87.1 Å². The second-order valence-electron chi connectivity index (χ2n) is 15.1. The van der Waals surface area contributed by atoms with E-state index in [2.05, 4.69) is 0 Å². The average molecular weight is 749 g/mol. The highest BCUT2D eigenvalue weighted by Gasteiger charge is 2.53. The third-order valence-corrected chi connectivity index (χ3v) is 13.0. The molecular weight excluding hydrogens is 701 g/mol. The minimum Gasteiger partial charge on any atom is -0.489 e. The van der Waals surface area contributed by atoms with Gasteiger partial charge in [-0.3, -0.25) is 4.90 Å². The molecule has 284 valence electrons. The van der Waals surface area contributed by atoms with Crippen molar-refractivity contribution in [2.24, 2.45) is 11.8 Å². The number of hydrogen-bond acceptors (Lipinski definition) is 10. The fourth-order valence-electron chi connectivity index (χ4n) is 8.39. The third kappa shape index (κ3) is 7.72. The molecule has 1 aliphatic carbocycles. The summed E-state index contributed by atoms with van der Waals surface area (Å²) in [6.45, 7) is 5.39. The fraction of sp³-hybridized carbons (Fsp3) is 0.525. The number of carbonyl (C=O) groups excluding carboxylic acids is 1. The van der Waals surface area contributed by atoms with Crippen LogP contribution in [0.1, 0.15) is 57.1 Å². The standard InChI is InChI=1S/C40H48N2O10S/c1-40(2)42(39(43)51-37-25-48-38-32(37)18-19-46-38)33(20-27-12-14-30(15-13-27)47-24-29-10-4-3-5-11-29)36(52-40)23-41(22-28-8-6-7-9-28)53(44,45)31-16-17-34-35(21-31)50-26-49-34/h3-5,10-17,21,28,32-33,36-38H,6-9,18-20,22-26H2,1-2H3/t32?,33-,36+,37-,38?/m0/s1. The number of nitrogens with zero attached hydrogens (tertiary/aromatic N) is 2. The van der Waals surface area contributed by atoms with E-state index in [1.165, 1.54) is 6.07 Å². The zero-order chi connectivity index (χ0) is 36.6. The first-order valence-electron chi connectivity index (χ1n) is 18.7. The van der Waals surface area contributed by atoms with E-state index >= 15 is 0 Å². The molecule has 1 saturated carbocycles. The maximum atomic E-state index is 14.5. The Bertz CT molecular complexity index is 1850. The summed E-state index contributed by atoms with van der Waals surface area (Å²) in [7, 11) is -4.00. The van der Waals surface area contributed by atoms with Crippen LogP contribution in [0.2, 0.25) is 0 Å². The van der Waals surface area contributed by atoms with Crippen LogP contribution in [0, 0.1) is 11.8 Å². The van der Waals surface area contributed by atoms with Crippen LogP contribution in [0.3, 0.4) is 0 Å². The number of sulfonamides is 1. The Hall–Kier alpha value is -3.88. The van der Waals surface area contributed by atoms with Gasteiger partial charge < -0.3 is 33.2 Å². The number of ether oxygens (including phenoxy) is 7. The minimum atomic E-state index is -4.00. The zero-order valence-corrected chi connectivity index (χ0v) is 31.1. The molecule has 12 nitrogen and oxygen atoms in total. The van der Waals surface area contributed by atoms with Crippen molar-refractivity contribution < 1.29 is 46.4 Å². The second kappa shape index (κ2) is 15.1. The van der Waals surface area contributed by atoms with Gasteiger partial charge in [0.15, 0.2) is 17.8 Å². The molecule has 8 rings (SSSR count). The SMILES string of the molecule is CC1(C)O[C@H](CN(CC2CCCC2)S(=O)(=O)c2ccc3c(c2)OCO3)[C@H](Cc2ccc(OCc3ccccc3)cc2)N1C(=O)O[C@H]1COC2OCCC21. The molecule has 0 bridgehead atoms.